The van der Waals surface area contributed by atoms with E-state index in [-0.39, 0.29) is 32.5 Å². The molecule has 0 aliphatic carbocycles. The number of halogens is 3. The molecule has 34 heavy (non-hydrogen) atoms. The molecule has 0 N–H and O–H groups in total. The minimum Gasteiger partial charge on any atom is -0.329 e. The molecule has 2 aromatic rings. The molecule has 1 amide bonds. The van der Waals surface area contributed by atoms with Crippen molar-refractivity contribution in [3.63, 3.8) is 0 Å². The van der Waals surface area contributed by atoms with E-state index >= 15 is 0 Å². The van der Waals surface area contributed by atoms with Gasteiger partial charge in [0.05, 0.1) is 11.6 Å². The van der Waals surface area contributed by atoms with Crippen LogP contribution in [0.25, 0.3) is 6.08 Å². The lowest BCUT2D eigenvalue weighted by atomic mass is 9.96. The Balaban J connectivity index is 1.65. The van der Waals surface area contributed by atoms with Crippen molar-refractivity contribution in [2.75, 3.05) is 19.6 Å². The minimum absolute atomic E-state index is 0.0502. The van der Waals surface area contributed by atoms with Gasteiger partial charge >= 0.3 is 6.18 Å². The molecule has 0 bridgehead atoms. The zero-order chi connectivity index (χ0) is 24.8. The summed E-state index contributed by atoms with van der Waals surface area (Å²) >= 11 is 0. The first-order valence-electron chi connectivity index (χ1n) is 10.7. The number of carbonyl (C=O) groups excluding carboxylic acids is 1. The quantitative estimate of drug-likeness (QED) is 0.583. The third-order valence-electron chi connectivity index (χ3n) is 5.53. The average molecular weight is 492 g/mol. The summed E-state index contributed by atoms with van der Waals surface area (Å²) in [5.74, 6) is -1.36. The smallest absolute Gasteiger partial charge is 0.329 e. The number of alkyl halides is 3. The van der Waals surface area contributed by atoms with E-state index in [0.717, 1.165) is 15.9 Å². The van der Waals surface area contributed by atoms with Gasteiger partial charge in [0, 0.05) is 31.0 Å². The molecule has 10 heteroatoms. The second-order valence-corrected chi connectivity index (χ2v) is 9.87. The van der Waals surface area contributed by atoms with Gasteiger partial charge < -0.3 is 4.90 Å². The van der Waals surface area contributed by atoms with E-state index < -0.39 is 34.6 Å². The first kappa shape index (κ1) is 25.5. The third-order valence-corrected chi connectivity index (χ3v) is 7.10. The van der Waals surface area contributed by atoms with Crippen LogP contribution < -0.4 is 0 Å². The Kier molecular flexibility index (Phi) is 8.12. The summed E-state index contributed by atoms with van der Waals surface area (Å²) in [6.45, 7) is -1.55. The van der Waals surface area contributed by atoms with E-state index in [4.69, 9.17) is 5.26 Å². The van der Waals surface area contributed by atoms with Crippen LogP contribution in [0.1, 0.15) is 29.5 Å². The lowest BCUT2D eigenvalue weighted by Gasteiger charge is -2.33. The number of amides is 1. The van der Waals surface area contributed by atoms with Crippen LogP contribution in [0.5, 0.6) is 0 Å². The molecule has 0 saturated carbocycles. The molecule has 0 atom stereocenters. The van der Waals surface area contributed by atoms with E-state index in [0.29, 0.717) is 11.1 Å². The van der Waals surface area contributed by atoms with Gasteiger partial charge in [-0.3, -0.25) is 4.79 Å². The van der Waals surface area contributed by atoms with Gasteiger partial charge in [-0.05, 0) is 42.2 Å². The molecule has 1 aliphatic heterocycles. The molecule has 1 heterocycles. The van der Waals surface area contributed by atoms with Crippen LogP contribution in [0, 0.1) is 17.2 Å². The lowest BCUT2D eigenvalue weighted by Crippen LogP contribution is -2.46. The van der Waals surface area contributed by atoms with Gasteiger partial charge in [-0.25, -0.2) is 8.42 Å². The molecule has 0 radical (unpaired) electrons. The van der Waals surface area contributed by atoms with Gasteiger partial charge in [0.25, 0.3) is 0 Å². The van der Waals surface area contributed by atoms with Crippen LogP contribution in [-0.2, 0) is 21.4 Å². The zero-order valence-electron chi connectivity index (χ0n) is 18.3. The molecular formula is C24H24F3N3O3S. The maximum Gasteiger partial charge on any atom is 0.406 e. The van der Waals surface area contributed by atoms with Crippen LogP contribution in [-0.4, -0.2) is 49.3 Å². The Morgan fingerprint density at radius 1 is 1.09 bits per heavy atom. The van der Waals surface area contributed by atoms with Gasteiger partial charge in [-0.2, -0.15) is 22.7 Å². The number of benzene rings is 2. The molecule has 180 valence electrons. The maximum absolute atomic E-state index is 13.2. The van der Waals surface area contributed by atoms with Crippen LogP contribution in [0.15, 0.2) is 60.0 Å². The fourth-order valence-electron chi connectivity index (χ4n) is 3.76. The molecular weight excluding hydrogens is 467 g/mol. The molecule has 6 nitrogen and oxygen atoms in total. The highest BCUT2D eigenvalue weighted by Crippen LogP contribution is 2.26. The number of sulfonamides is 1. The number of nitrogens with zero attached hydrogens (tertiary/aromatic N) is 3. The number of carbonyl (C=O) groups is 1. The fraction of sp³-hybridized carbons (Fsp3) is 0.333. The highest BCUT2D eigenvalue weighted by atomic mass is 32.2. The van der Waals surface area contributed by atoms with E-state index in [9.17, 15) is 26.4 Å². The van der Waals surface area contributed by atoms with Crippen LogP contribution in [0.3, 0.4) is 0 Å². The Bertz CT molecular complexity index is 1150. The van der Waals surface area contributed by atoms with Crippen molar-refractivity contribution in [3.05, 3.63) is 76.7 Å². The van der Waals surface area contributed by atoms with Gasteiger partial charge in [-0.15, -0.1) is 0 Å². The van der Waals surface area contributed by atoms with Gasteiger partial charge in [-0.1, -0.05) is 42.5 Å². The first-order chi connectivity index (χ1) is 16.1. The summed E-state index contributed by atoms with van der Waals surface area (Å²) in [5, 5.41) is 9.98. The maximum atomic E-state index is 13.2. The molecule has 3 rings (SSSR count). The molecule has 2 aromatic carbocycles. The second-order valence-electron chi connectivity index (χ2n) is 8.05. The van der Waals surface area contributed by atoms with Crippen molar-refractivity contribution in [2.45, 2.75) is 25.6 Å². The Labute approximate surface area is 197 Å². The largest absolute Gasteiger partial charge is 0.406 e. The first-order valence-corrected chi connectivity index (χ1v) is 12.2. The van der Waals surface area contributed by atoms with Crippen LogP contribution in [0.4, 0.5) is 13.2 Å². The van der Waals surface area contributed by atoms with E-state index in [1.54, 1.807) is 24.3 Å². The van der Waals surface area contributed by atoms with Crippen LogP contribution >= 0.6 is 0 Å². The Morgan fingerprint density at radius 2 is 1.71 bits per heavy atom. The highest BCUT2D eigenvalue weighted by Gasteiger charge is 2.37. The molecule has 0 spiro atoms. The van der Waals surface area contributed by atoms with Crippen molar-refractivity contribution in [1.29, 1.82) is 5.26 Å². The summed E-state index contributed by atoms with van der Waals surface area (Å²) < 4.78 is 66.0. The monoisotopic (exact) mass is 491 g/mol. The second kappa shape index (κ2) is 10.8. The molecule has 1 aliphatic rings. The molecule has 1 saturated heterocycles. The Morgan fingerprint density at radius 3 is 2.26 bits per heavy atom. The number of nitriles is 1. The van der Waals surface area contributed by atoms with E-state index in [1.807, 2.05) is 12.1 Å². The fourth-order valence-corrected chi connectivity index (χ4v) is 4.98. The average Bonchev–Trinajstić information content (AvgIpc) is 2.82. The predicted molar refractivity (Wildman–Crippen MR) is 121 cm³/mol. The van der Waals surface area contributed by atoms with E-state index in [2.05, 4.69) is 0 Å². The van der Waals surface area contributed by atoms with Crippen molar-refractivity contribution >= 4 is 22.0 Å². The minimum atomic E-state index is -4.57. The molecule has 0 aromatic heterocycles. The van der Waals surface area contributed by atoms with Crippen molar-refractivity contribution in [3.8, 4) is 6.07 Å². The van der Waals surface area contributed by atoms with Gasteiger partial charge in [0.15, 0.2) is 0 Å². The summed E-state index contributed by atoms with van der Waals surface area (Å²) in [7, 11) is -3.71. The number of piperidine rings is 1. The number of rotatable bonds is 7. The van der Waals surface area contributed by atoms with E-state index in [1.165, 1.54) is 34.6 Å². The van der Waals surface area contributed by atoms with Crippen molar-refractivity contribution in [1.82, 2.24) is 9.21 Å². The summed E-state index contributed by atoms with van der Waals surface area (Å²) in [6, 6.07) is 16.9. The topological polar surface area (TPSA) is 81.5 Å². The zero-order valence-corrected chi connectivity index (χ0v) is 19.1. The van der Waals surface area contributed by atoms with Crippen molar-refractivity contribution in [2.24, 2.45) is 5.92 Å². The Hall–Kier alpha value is -3.16. The van der Waals surface area contributed by atoms with Gasteiger partial charge in [0.2, 0.25) is 15.9 Å². The number of hydrogen-bond acceptors (Lipinski definition) is 4. The number of hydrogen-bond donors (Lipinski definition) is 0. The summed E-state index contributed by atoms with van der Waals surface area (Å²) in [5.41, 5.74) is 1.57. The van der Waals surface area contributed by atoms with Crippen molar-refractivity contribution < 1.29 is 26.4 Å². The standard InChI is InChI=1S/C24H24F3N3O3S/c25-24(26,27)18-29(17-21-8-6-20(16-28)7-9-21)23(31)22-10-13-30(14-11-22)34(32,33)15-12-19-4-2-1-3-5-19/h1-9,12,15,22H,10-11,13-14,17-18H2/b15-12+. The highest BCUT2D eigenvalue weighted by molar-refractivity contribution is 7.92. The molecule has 1 fully saturated rings. The van der Waals surface area contributed by atoms with Crippen LogP contribution in [0.2, 0.25) is 0 Å². The lowest BCUT2D eigenvalue weighted by molar-refractivity contribution is -0.165. The predicted octanol–water partition coefficient (Wildman–Crippen LogP) is 4.16. The molecule has 0 unspecified atom stereocenters. The van der Waals surface area contributed by atoms with Gasteiger partial charge in [0.1, 0.15) is 6.54 Å². The normalized spacial score (nSPS) is 15.8. The summed E-state index contributed by atoms with van der Waals surface area (Å²) in [6.07, 6.45) is -2.82. The SMILES string of the molecule is N#Cc1ccc(CN(CC(F)(F)F)C(=O)C2CCN(S(=O)(=O)/C=C/c3ccccc3)CC2)cc1. The third kappa shape index (κ3) is 7.17. The summed E-state index contributed by atoms with van der Waals surface area (Å²) in [4.78, 5) is 13.7.